The maximum atomic E-state index is 12.7. The zero-order chi connectivity index (χ0) is 21.7. The van der Waals surface area contributed by atoms with Crippen LogP contribution in [0.15, 0.2) is 87.1 Å². The molecule has 0 spiro atoms. The van der Waals surface area contributed by atoms with Gasteiger partial charge in [0, 0.05) is 26.0 Å². The van der Waals surface area contributed by atoms with Crippen molar-refractivity contribution in [2.45, 2.75) is 28.9 Å². The molecule has 0 heterocycles. The number of halogens is 1. The van der Waals surface area contributed by atoms with E-state index in [4.69, 9.17) is 0 Å². The quantitative estimate of drug-likeness (QED) is 0.386. The fraction of sp³-hybridized carbons (Fsp3) is 0.136. The molecular formula is C22H21BrN2O3S2. The number of hydrogen-bond donors (Lipinski definition) is 2. The number of carbonyl (C=O) groups is 1. The summed E-state index contributed by atoms with van der Waals surface area (Å²) in [7, 11) is -3.73. The van der Waals surface area contributed by atoms with E-state index in [2.05, 4.69) is 39.8 Å². The molecule has 0 bridgehead atoms. The highest BCUT2D eigenvalue weighted by molar-refractivity contribution is 9.10. The number of amides is 1. The fourth-order valence-electron chi connectivity index (χ4n) is 2.66. The first-order valence-corrected chi connectivity index (χ1v) is 12.4. The molecule has 0 saturated heterocycles. The first-order chi connectivity index (χ1) is 14.2. The normalized spacial score (nSPS) is 11.3. The minimum atomic E-state index is -3.73. The van der Waals surface area contributed by atoms with Crippen molar-refractivity contribution in [1.82, 2.24) is 0 Å². The van der Waals surface area contributed by atoms with E-state index in [1.165, 1.54) is 12.1 Å². The van der Waals surface area contributed by atoms with E-state index in [-0.39, 0.29) is 10.8 Å². The summed E-state index contributed by atoms with van der Waals surface area (Å²) in [5.41, 5.74) is 1.58. The Hall–Kier alpha value is -2.29. The summed E-state index contributed by atoms with van der Waals surface area (Å²) in [4.78, 5) is 13.7. The summed E-state index contributed by atoms with van der Waals surface area (Å²) in [6, 6.07) is 20.4. The van der Waals surface area contributed by atoms with Crippen LogP contribution in [0.2, 0.25) is 0 Å². The minimum Gasteiger partial charge on any atom is -0.322 e. The van der Waals surface area contributed by atoms with Crippen LogP contribution in [0.1, 0.15) is 24.2 Å². The lowest BCUT2D eigenvalue weighted by molar-refractivity contribution is 0.102. The topological polar surface area (TPSA) is 75.3 Å². The molecular weight excluding hydrogens is 484 g/mol. The summed E-state index contributed by atoms with van der Waals surface area (Å²) in [5.74, 6) is -0.234. The molecule has 2 N–H and O–H groups in total. The van der Waals surface area contributed by atoms with E-state index in [1.807, 2.05) is 18.2 Å². The molecule has 0 unspecified atom stereocenters. The molecule has 0 saturated carbocycles. The van der Waals surface area contributed by atoms with Gasteiger partial charge in [-0.25, -0.2) is 8.42 Å². The summed E-state index contributed by atoms with van der Waals surface area (Å²) in [6.45, 7) is 4.14. The van der Waals surface area contributed by atoms with Gasteiger partial charge in [0.25, 0.3) is 15.9 Å². The number of thioether (sulfide) groups is 1. The Labute approximate surface area is 189 Å². The summed E-state index contributed by atoms with van der Waals surface area (Å²) >= 11 is 4.94. The Morgan fingerprint density at radius 1 is 0.900 bits per heavy atom. The Bertz CT molecular complexity index is 1130. The number of hydrogen-bond acceptors (Lipinski definition) is 4. The van der Waals surface area contributed by atoms with Gasteiger partial charge in [0.05, 0.1) is 10.5 Å². The van der Waals surface area contributed by atoms with Gasteiger partial charge in [-0.3, -0.25) is 9.52 Å². The van der Waals surface area contributed by atoms with E-state index >= 15 is 0 Å². The van der Waals surface area contributed by atoms with E-state index in [0.29, 0.717) is 22.2 Å². The molecule has 8 heteroatoms. The molecule has 3 aromatic carbocycles. The van der Waals surface area contributed by atoms with Gasteiger partial charge in [-0.1, -0.05) is 41.9 Å². The molecule has 0 aliphatic rings. The van der Waals surface area contributed by atoms with Crippen molar-refractivity contribution in [3.63, 3.8) is 0 Å². The highest BCUT2D eigenvalue weighted by atomic mass is 79.9. The van der Waals surface area contributed by atoms with Crippen LogP contribution >= 0.6 is 27.7 Å². The minimum absolute atomic E-state index is 0.110. The smallest absolute Gasteiger partial charge is 0.261 e. The van der Waals surface area contributed by atoms with E-state index in [9.17, 15) is 13.2 Å². The summed E-state index contributed by atoms with van der Waals surface area (Å²) in [6.07, 6.45) is 0. The van der Waals surface area contributed by atoms with Crippen molar-refractivity contribution in [2.24, 2.45) is 0 Å². The lowest BCUT2D eigenvalue weighted by Crippen LogP contribution is -2.15. The molecule has 30 heavy (non-hydrogen) atoms. The van der Waals surface area contributed by atoms with Crippen molar-refractivity contribution < 1.29 is 13.2 Å². The number of sulfonamides is 1. The van der Waals surface area contributed by atoms with Crippen molar-refractivity contribution in [3.8, 4) is 0 Å². The number of rotatable bonds is 7. The molecule has 0 aliphatic heterocycles. The van der Waals surface area contributed by atoms with Gasteiger partial charge >= 0.3 is 0 Å². The molecule has 3 rings (SSSR count). The van der Waals surface area contributed by atoms with Crippen molar-refractivity contribution in [1.29, 1.82) is 0 Å². The molecule has 3 aromatic rings. The lowest BCUT2D eigenvalue weighted by atomic mass is 10.2. The Kier molecular flexibility index (Phi) is 7.23. The molecule has 156 valence electrons. The second-order valence-electron chi connectivity index (χ2n) is 6.75. The van der Waals surface area contributed by atoms with Crippen LogP contribution in [-0.2, 0) is 10.0 Å². The first-order valence-electron chi connectivity index (χ1n) is 9.20. The Morgan fingerprint density at radius 3 is 2.13 bits per heavy atom. The summed E-state index contributed by atoms with van der Waals surface area (Å²) in [5, 5.41) is 3.18. The standard InChI is InChI=1S/C22H21BrN2O3S2/c1-15(2)29-21-6-4-3-5-20(21)22(26)24-17-11-13-19(14-12-17)30(27,28)25-18-9-7-16(23)8-10-18/h3-15,25H,1-2H3,(H,24,26). The first kappa shape index (κ1) is 22.4. The second kappa shape index (κ2) is 9.68. The van der Waals surface area contributed by atoms with Crippen LogP contribution in [0, 0.1) is 0 Å². The molecule has 1 amide bonds. The number of anilines is 2. The van der Waals surface area contributed by atoms with E-state index < -0.39 is 10.0 Å². The van der Waals surface area contributed by atoms with Gasteiger partial charge in [-0.05, 0) is 60.7 Å². The third kappa shape index (κ3) is 5.87. The van der Waals surface area contributed by atoms with Crippen LogP contribution in [0.25, 0.3) is 0 Å². The van der Waals surface area contributed by atoms with E-state index in [0.717, 1.165) is 9.37 Å². The molecule has 0 fully saturated rings. The average Bonchev–Trinajstić information content (AvgIpc) is 2.70. The van der Waals surface area contributed by atoms with Crippen LogP contribution in [0.5, 0.6) is 0 Å². The van der Waals surface area contributed by atoms with Gasteiger partial charge in [-0.15, -0.1) is 11.8 Å². The Morgan fingerprint density at radius 2 is 1.50 bits per heavy atom. The number of carbonyl (C=O) groups excluding carboxylic acids is 1. The van der Waals surface area contributed by atoms with Crippen molar-refractivity contribution >= 4 is 55.0 Å². The van der Waals surface area contributed by atoms with Gasteiger partial charge < -0.3 is 5.32 Å². The van der Waals surface area contributed by atoms with Crippen molar-refractivity contribution in [2.75, 3.05) is 10.0 Å². The largest absolute Gasteiger partial charge is 0.322 e. The monoisotopic (exact) mass is 504 g/mol. The van der Waals surface area contributed by atoms with Crippen molar-refractivity contribution in [3.05, 3.63) is 82.8 Å². The van der Waals surface area contributed by atoms with Gasteiger partial charge in [0.15, 0.2) is 0 Å². The Balaban J connectivity index is 1.73. The van der Waals surface area contributed by atoms with E-state index in [1.54, 1.807) is 54.2 Å². The molecule has 0 radical (unpaired) electrons. The summed E-state index contributed by atoms with van der Waals surface area (Å²) < 4.78 is 28.5. The zero-order valence-electron chi connectivity index (χ0n) is 16.4. The third-order valence-electron chi connectivity index (χ3n) is 4.01. The molecule has 0 aliphatic carbocycles. The highest BCUT2D eigenvalue weighted by Gasteiger charge is 2.16. The SMILES string of the molecule is CC(C)Sc1ccccc1C(=O)Nc1ccc(S(=O)(=O)Nc2ccc(Br)cc2)cc1. The predicted molar refractivity (Wildman–Crippen MR) is 127 cm³/mol. The number of nitrogens with one attached hydrogen (secondary N) is 2. The van der Waals surface area contributed by atoms with Crippen LogP contribution in [-0.4, -0.2) is 19.6 Å². The lowest BCUT2D eigenvalue weighted by Gasteiger charge is -2.12. The third-order valence-corrected chi connectivity index (χ3v) is 7.02. The second-order valence-corrected chi connectivity index (χ2v) is 11.0. The van der Waals surface area contributed by atoms with Crippen LogP contribution in [0.3, 0.4) is 0 Å². The molecule has 0 aromatic heterocycles. The van der Waals surface area contributed by atoms with Crippen LogP contribution in [0.4, 0.5) is 11.4 Å². The zero-order valence-corrected chi connectivity index (χ0v) is 19.6. The highest BCUT2D eigenvalue weighted by Crippen LogP contribution is 2.27. The maximum Gasteiger partial charge on any atom is 0.261 e. The number of benzene rings is 3. The predicted octanol–water partition coefficient (Wildman–Crippen LogP) is 6.00. The van der Waals surface area contributed by atoms with Crippen LogP contribution < -0.4 is 10.0 Å². The van der Waals surface area contributed by atoms with Gasteiger partial charge in [-0.2, -0.15) is 0 Å². The fourth-order valence-corrected chi connectivity index (χ4v) is 4.93. The molecule has 5 nitrogen and oxygen atoms in total. The van der Waals surface area contributed by atoms with Gasteiger partial charge in [0.1, 0.15) is 0 Å². The van der Waals surface area contributed by atoms with Gasteiger partial charge in [0.2, 0.25) is 0 Å². The molecule has 0 atom stereocenters. The average molecular weight is 505 g/mol. The maximum absolute atomic E-state index is 12.7.